The van der Waals surface area contributed by atoms with Crippen LogP contribution in [-0.4, -0.2) is 33.3 Å². The lowest BCUT2D eigenvalue weighted by atomic mass is 9.83. The number of ether oxygens (including phenoxy) is 1. The molecule has 0 bridgehead atoms. The zero-order valence-electron chi connectivity index (χ0n) is 11.8. The third-order valence-electron chi connectivity index (χ3n) is 3.76. The molecule has 0 amide bonds. The van der Waals surface area contributed by atoms with E-state index in [1.807, 2.05) is 0 Å². The molecule has 0 atom stereocenters. The third kappa shape index (κ3) is 3.59. The van der Waals surface area contributed by atoms with Crippen molar-refractivity contribution < 1.29 is 18.3 Å². The smallest absolute Gasteiger partial charge is 0.241 e. The summed E-state index contributed by atoms with van der Waals surface area (Å²) in [5.74, 6) is 0. The van der Waals surface area contributed by atoms with Crippen molar-refractivity contribution in [2.45, 2.75) is 38.2 Å². The second kappa shape index (κ2) is 6.11. The van der Waals surface area contributed by atoms with Crippen LogP contribution in [0.5, 0.6) is 0 Å². The van der Waals surface area contributed by atoms with E-state index in [1.54, 1.807) is 13.0 Å². The first-order valence-electron chi connectivity index (χ1n) is 6.64. The molecule has 1 aromatic rings. The fraction of sp³-hybridized carbons (Fsp3) is 0.692. The molecule has 0 unspecified atom stereocenters. The number of aliphatic hydroxyl groups excluding tert-OH is 1. The van der Waals surface area contributed by atoms with Gasteiger partial charge in [0.15, 0.2) is 0 Å². The van der Waals surface area contributed by atoms with Crippen LogP contribution < -0.4 is 4.72 Å². The highest BCUT2D eigenvalue weighted by atomic mass is 32.2. The van der Waals surface area contributed by atoms with Gasteiger partial charge < -0.3 is 9.84 Å². The predicted molar refractivity (Wildman–Crippen MR) is 78.3 cm³/mol. The largest absolute Gasteiger partial charge is 0.391 e. The molecular formula is C13H21NO4S2. The first-order chi connectivity index (χ1) is 9.36. The zero-order chi connectivity index (χ0) is 14.8. The molecule has 2 N–H and O–H groups in total. The number of hydrogen-bond acceptors (Lipinski definition) is 5. The summed E-state index contributed by atoms with van der Waals surface area (Å²) in [6.45, 7) is 5.50. The van der Waals surface area contributed by atoms with Gasteiger partial charge in [-0.3, -0.25) is 0 Å². The maximum Gasteiger partial charge on any atom is 0.241 e. The quantitative estimate of drug-likeness (QED) is 0.865. The summed E-state index contributed by atoms with van der Waals surface area (Å²) < 4.78 is 32.7. The van der Waals surface area contributed by atoms with Gasteiger partial charge in [-0.2, -0.15) is 0 Å². The topological polar surface area (TPSA) is 75.6 Å². The van der Waals surface area contributed by atoms with E-state index >= 15 is 0 Å². The molecule has 1 aliphatic rings. The minimum absolute atomic E-state index is 0.0466. The average molecular weight is 319 g/mol. The van der Waals surface area contributed by atoms with Gasteiger partial charge in [0.1, 0.15) is 0 Å². The van der Waals surface area contributed by atoms with E-state index in [2.05, 4.69) is 11.6 Å². The Morgan fingerprint density at radius 3 is 2.65 bits per heavy atom. The van der Waals surface area contributed by atoms with E-state index in [1.165, 1.54) is 11.3 Å². The molecule has 0 radical (unpaired) electrons. The summed E-state index contributed by atoms with van der Waals surface area (Å²) in [5.41, 5.74) is -0.0466. The maximum absolute atomic E-state index is 12.3. The van der Waals surface area contributed by atoms with Crippen molar-refractivity contribution in [1.29, 1.82) is 0 Å². The minimum atomic E-state index is -3.51. The van der Waals surface area contributed by atoms with Crippen molar-refractivity contribution in [2.24, 2.45) is 5.41 Å². The van der Waals surface area contributed by atoms with Gasteiger partial charge >= 0.3 is 0 Å². The molecule has 0 aromatic carbocycles. The first kappa shape index (κ1) is 15.9. The molecule has 2 rings (SSSR count). The molecule has 1 aliphatic heterocycles. The second-order valence-corrected chi connectivity index (χ2v) is 8.62. The Labute approximate surface area is 124 Å². The Morgan fingerprint density at radius 2 is 2.10 bits per heavy atom. The van der Waals surface area contributed by atoms with Gasteiger partial charge in [0, 0.05) is 29.5 Å². The number of aliphatic hydroxyl groups is 1. The Kier molecular flexibility index (Phi) is 4.86. The summed E-state index contributed by atoms with van der Waals surface area (Å²) >= 11 is 1.31. The highest BCUT2D eigenvalue weighted by molar-refractivity contribution is 7.89. The van der Waals surface area contributed by atoms with Gasteiger partial charge in [0.25, 0.3) is 0 Å². The molecule has 7 heteroatoms. The summed E-state index contributed by atoms with van der Waals surface area (Å²) in [6.07, 6.45) is 1.72. The van der Waals surface area contributed by atoms with Crippen molar-refractivity contribution in [3.05, 3.63) is 15.8 Å². The van der Waals surface area contributed by atoms with Crippen LogP contribution in [0.1, 0.15) is 29.5 Å². The molecule has 1 fully saturated rings. The van der Waals surface area contributed by atoms with Crippen LogP contribution in [0.2, 0.25) is 0 Å². The van der Waals surface area contributed by atoms with Gasteiger partial charge in [-0.05, 0) is 31.2 Å². The highest BCUT2D eigenvalue weighted by Gasteiger charge is 2.30. The van der Waals surface area contributed by atoms with E-state index in [0.29, 0.717) is 29.5 Å². The third-order valence-corrected chi connectivity index (χ3v) is 6.45. The minimum Gasteiger partial charge on any atom is -0.391 e. The SMILES string of the molecule is Cc1sc(CO)cc1S(=O)(=O)NCC1(C)CCOCC1. The molecule has 0 aliphatic carbocycles. The van der Waals surface area contributed by atoms with Gasteiger partial charge in [-0.15, -0.1) is 11.3 Å². The van der Waals surface area contributed by atoms with Crippen LogP contribution in [0.15, 0.2) is 11.0 Å². The van der Waals surface area contributed by atoms with Crippen molar-refractivity contribution in [2.75, 3.05) is 19.8 Å². The molecule has 2 heterocycles. The van der Waals surface area contributed by atoms with Crippen LogP contribution in [0.25, 0.3) is 0 Å². The molecule has 1 aromatic heterocycles. The van der Waals surface area contributed by atoms with E-state index in [4.69, 9.17) is 9.84 Å². The Hall–Kier alpha value is -0.470. The predicted octanol–water partition coefficient (Wildman–Crippen LogP) is 1.64. The molecule has 5 nitrogen and oxygen atoms in total. The summed E-state index contributed by atoms with van der Waals surface area (Å²) in [4.78, 5) is 1.65. The second-order valence-electron chi connectivity index (χ2n) is 5.54. The summed E-state index contributed by atoms with van der Waals surface area (Å²) in [5, 5.41) is 9.10. The Morgan fingerprint density at radius 1 is 1.45 bits per heavy atom. The molecule has 114 valence electrons. The number of rotatable bonds is 5. The molecular weight excluding hydrogens is 298 g/mol. The normalized spacial score (nSPS) is 19.1. The standard InChI is InChI=1S/C13H21NO4S2/c1-10-12(7-11(8-15)19-10)20(16,17)14-9-13(2)3-5-18-6-4-13/h7,14-15H,3-6,8-9H2,1-2H3. The van der Waals surface area contributed by atoms with E-state index in [-0.39, 0.29) is 16.9 Å². The van der Waals surface area contributed by atoms with Crippen LogP contribution in [0.4, 0.5) is 0 Å². The molecule has 0 spiro atoms. The number of sulfonamides is 1. The van der Waals surface area contributed by atoms with Gasteiger partial charge in [-0.25, -0.2) is 13.1 Å². The Bertz CT molecular complexity index is 559. The number of hydrogen-bond donors (Lipinski definition) is 2. The summed E-state index contributed by atoms with van der Waals surface area (Å²) in [6, 6.07) is 1.55. The lowest BCUT2D eigenvalue weighted by molar-refractivity contribution is 0.0264. The molecule has 1 saturated heterocycles. The van der Waals surface area contributed by atoms with Crippen LogP contribution in [0.3, 0.4) is 0 Å². The van der Waals surface area contributed by atoms with Crippen molar-refractivity contribution >= 4 is 21.4 Å². The van der Waals surface area contributed by atoms with Crippen LogP contribution in [0, 0.1) is 12.3 Å². The zero-order valence-corrected chi connectivity index (χ0v) is 13.4. The van der Waals surface area contributed by atoms with E-state index in [9.17, 15) is 8.42 Å². The number of aryl methyl sites for hydroxylation is 1. The van der Waals surface area contributed by atoms with E-state index < -0.39 is 10.0 Å². The monoisotopic (exact) mass is 319 g/mol. The van der Waals surface area contributed by atoms with Gasteiger partial charge in [-0.1, -0.05) is 6.92 Å². The number of nitrogens with one attached hydrogen (secondary N) is 1. The average Bonchev–Trinajstić information content (AvgIpc) is 2.80. The molecule has 20 heavy (non-hydrogen) atoms. The maximum atomic E-state index is 12.3. The Balaban J connectivity index is 2.08. The van der Waals surface area contributed by atoms with Gasteiger partial charge in [0.2, 0.25) is 10.0 Å². The summed E-state index contributed by atoms with van der Waals surface area (Å²) in [7, 11) is -3.51. The highest BCUT2D eigenvalue weighted by Crippen LogP contribution is 2.30. The fourth-order valence-corrected chi connectivity index (χ4v) is 4.95. The molecule has 0 saturated carbocycles. The van der Waals surface area contributed by atoms with Crippen molar-refractivity contribution in [3.63, 3.8) is 0 Å². The first-order valence-corrected chi connectivity index (χ1v) is 8.94. The van der Waals surface area contributed by atoms with Crippen LogP contribution in [-0.2, 0) is 21.4 Å². The van der Waals surface area contributed by atoms with Gasteiger partial charge in [0.05, 0.1) is 11.5 Å². The van der Waals surface area contributed by atoms with Crippen molar-refractivity contribution in [3.8, 4) is 0 Å². The lowest BCUT2D eigenvalue weighted by Crippen LogP contribution is -2.39. The van der Waals surface area contributed by atoms with Crippen molar-refractivity contribution in [1.82, 2.24) is 4.72 Å². The fourth-order valence-electron chi connectivity index (χ4n) is 2.26. The van der Waals surface area contributed by atoms with E-state index in [0.717, 1.165) is 12.8 Å². The lowest BCUT2D eigenvalue weighted by Gasteiger charge is -2.33. The number of thiophene rings is 1. The van der Waals surface area contributed by atoms with Crippen LogP contribution >= 0.6 is 11.3 Å².